The minimum atomic E-state index is -0.675. The maximum absolute atomic E-state index is 11.1. The van der Waals surface area contributed by atoms with Crippen molar-refractivity contribution in [2.24, 2.45) is 0 Å². The van der Waals surface area contributed by atoms with Crippen molar-refractivity contribution in [2.45, 2.75) is 24.9 Å². The summed E-state index contributed by atoms with van der Waals surface area (Å²) in [4.78, 5) is 4.97. The molecule has 0 spiro atoms. The van der Waals surface area contributed by atoms with Gasteiger partial charge < -0.3 is 14.9 Å². The Morgan fingerprint density at radius 2 is 1.22 bits per heavy atom. The summed E-state index contributed by atoms with van der Waals surface area (Å²) in [5, 5.41) is 11.1. The highest BCUT2D eigenvalue weighted by molar-refractivity contribution is 5.88. The first-order valence-electron chi connectivity index (χ1n) is 11.4. The summed E-state index contributed by atoms with van der Waals surface area (Å²) in [5.41, 5.74) is 5.47. The van der Waals surface area contributed by atoms with Gasteiger partial charge in [0.05, 0.1) is 5.60 Å². The molecule has 1 fully saturated rings. The molecule has 5 rings (SSSR count). The number of hydrogen-bond acceptors (Lipinski definition) is 3. The van der Waals surface area contributed by atoms with Gasteiger partial charge in [-0.1, -0.05) is 78.9 Å². The molecule has 2 aliphatic heterocycles. The van der Waals surface area contributed by atoms with E-state index in [1.807, 2.05) is 18.2 Å². The SMILES string of the molecule is Cl.OC1(c2ccccc2)CCN(CCCN2c3ccccc3C=Cc3ccccc32)CC1. The van der Waals surface area contributed by atoms with E-state index in [9.17, 15) is 5.11 Å². The zero-order valence-corrected chi connectivity index (χ0v) is 19.2. The highest BCUT2D eigenvalue weighted by Gasteiger charge is 2.33. The standard InChI is InChI=1S/C28H30N2O.ClH/c31-28(25-11-2-1-3-12-25)17-21-29(22-18-28)19-8-20-30-26-13-6-4-9-23(26)15-16-24-10-5-7-14-27(24)30;/h1-7,9-16,31H,8,17-22H2;1H. The fourth-order valence-electron chi connectivity index (χ4n) is 4.93. The first-order valence-corrected chi connectivity index (χ1v) is 11.4. The molecular weight excluding hydrogens is 416 g/mol. The van der Waals surface area contributed by atoms with Gasteiger partial charge in [-0.2, -0.15) is 0 Å². The van der Waals surface area contributed by atoms with Crippen LogP contribution < -0.4 is 4.90 Å². The Morgan fingerprint density at radius 3 is 1.81 bits per heavy atom. The van der Waals surface area contributed by atoms with Crippen LogP contribution in [-0.4, -0.2) is 36.2 Å². The number of benzene rings is 3. The van der Waals surface area contributed by atoms with Crippen molar-refractivity contribution in [1.29, 1.82) is 0 Å². The zero-order chi connectivity index (χ0) is 21.1. The van der Waals surface area contributed by atoms with Crippen LogP contribution in [0, 0.1) is 0 Å². The van der Waals surface area contributed by atoms with Crippen molar-refractivity contribution in [3.8, 4) is 0 Å². The maximum atomic E-state index is 11.1. The molecule has 1 saturated heterocycles. The van der Waals surface area contributed by atoms with Crippen LogP contribution in [0.4, 0.5) is 11.4 Å². The van der Waals surface area contributed by atoms with E-state index in [4.69, 9.17) is 0 Å². The Hall–Kier alpha value is -2.59. The number of rotatable bonds is 5. The second-order valence-corrected chi connectivity index (χ2v) is 8.70. The van der Waals surface area contributed by atoms with E-state index in [0.29, 0.717) is 0 Å². The number of likely N-dealkylation sites (tertiary alicyclic amines) is 1. The monoisotopic (exact) mass is 446 g/mol. The van der Waals surface area contributed by atoms with E-state index < -0.39 is 5.60 Å². The van der Waals surface area contributed by atoms with Gasteiger partial charge in [-0.05, 0) is 54.6 Å². The minimum Gasteiger partial charge on any atom is -0.385 e. The van der Waals surface area contributed by atoms with E-state index in [1.54, 1.807) is 0 Å². The molecule has 0 amide bonds. The lowest BCUT2D eigenvalue weighted by Gasteiger charge is -2.39. The Morgan fingerprint density at radius 1 is 0.688 bits per heavy atom. The Bertz CT molecular complexity index is 1010. The second-order valence-electron chi connectivity index (χ2n) is 8.70. The van der Waals surface area contributed by atoms with Crippen molar-refractivity contribution in [3.05, 3.63) is 95.6 Å². The summed E-state index contributed by atoms with van der Waals surface area (Å²) in [7, 11) is 0. The topological polar surface area (TPSA) is 26.7 Å². The summed E-state index contributed by atoms with van der Waals surface area (Å²) in [6.45, 7) is 3.93. The van der Waals surface area contributed by atoms with Gasteiger partial charge in [-0.15, -0.1) is 12.4 Å². The number of aliphatic hydroxyl groups is 1. The van der Waals surface area contributed by atoms with Gasteiger partial charge in [0, 0.05) is 31.0 Å². The Labute approximate surface area is 197 Å². The Balaban J connectivity index is 0.00000245. The minimum absolute atomic E-state index is 0. The van der Waals surface area contributed by atoms with Crippen molar-refractivity contribution in [2.75, 3.05) is 31.1 Å². The van der Waals surface area contributed by atoms with Crippen LogP contribution in [0.5, 0.6) is 0 Å². The zero-order valence-electron chi connectivity index (χ0n) is 18.4. The van der Waals surface area contributed by atoms with Gasteiger partial charge in [0.15, 0.2) is 0 Å². The Kier molecular flexibility index (Phi) is 7.00. The van der Waals surface area contributed by atoms with Gasteiger partial charge in [-0.25, -0.2) is 0 Å². The fraction of sp³-hybridized carbons (Fsp3) is 0.286. The molecule has 0 unspecified atom stereocenters. The third kappa shape index (κ3) is 4.61. The molecular formula is C28H31ClN2O. The van der Waals surface area contributed by atoms with E-state index >= 15 is 0 Å². The quantitative estimate of drug-likeness (QED) is 0.512. The number of para-hydroxylation sites is 2. The second kappa shape index (κ2) is 9.91. The molecule has 0 atom stereocenters. The smallest absolute Gasteiger partial charge is 0.0920 e. The molecule has 0 aromatic heterocycles. The van der Waals surface area contributed by atoms with Crippen LogP contribution in [0.2, 0.25) is 0 Å². The molecule has 1 N–H and O–H groups in total. The van der Waals surface area contributed by atoms with E-state index in [2.05, 4.69) is 82.6 Å². The van der Waals surface area contributed by atoms with Crippen LogP contribution in [0.1, 0.15) is 36.0 Å². The number of anilines is 2. The summed E-state index contributed by atoms with van der Waals surface area (Å²) in [6, 6.07) is 27.5. The van der Waals surface area contributed by atoms with Crippen LogP contribution >= 0.6 is 12.4 Å². The highest BCUT2D eigenvalue weighted by Crippen LogP contribution is 2.36. The third-order valence-corrected chi connectivity index (χ3v) is 6.75. The predicted molar refractivity (Wildman–Crippen MR) is 137 cm³/mol. The maximum Gasteiger partial charge on any atom is 0.0920 e. The van der Waals surface area contributed by atoms with Gasteiger partial charge in [0.2, 0.25) is 0 Å². The van der Waals surface area contributed by atoms with Gasteiger partial charge in [-0.3, -0.25) is 0 Å². The van der Waals surface area contributed by atoms with Crippen LogP contribution in [-0.2, 0) is 5.60 Å². The van der Waals surface area contributed by atoms with Crippen LogP contribution in [0.3, 0.4) is 0 Å². The van der Waals surface area contributed by atoms with E-state index in [1.165, 1.54) is 22.5 Å². The number of piperidine rings is 1. The molecule has 0 bridgehead atoms. The molecule has 2 heterocycles. The largest absolute Gasteiger partial charge is 0.385 e. The molecule has 0 radical (unpaired) electrons. The molecule has 3 aromatic carbocycles. The molecule has 0 saturated carbocycles. The molecule has 166 valence electrons. The number of fused-ring (bicyclic) bond motifs is 2. The summed E-state index contributed by atoms with van der Waals surface area (Å²) in [5.74, 6) is 0. The molecule has 3 nitrogen and oxygen atoms in total. The molecule has 32 heavy (non-hydrogen) atoms. The third-order valence-electron chi connectivity index (χ3n) is 6.75. The van der Waals surface area contributed by atoms with E-state index in [-0.39, 0.29) is 12.4 Å². The molecule has 0 aliphatic carbocycles. The van der Waals surface area contributed by atoms with Gasteiger partial charge in [0.25, 0.3) is 0 Å². The average Bonchev–Trinajstić information content (AvgIpc) is 2.98. The molecule has 4 heteroatoms. The molecule has 3 aromatic rings. The number of halogens is 1. The summed E-state index contributed by atoms with van der Waals surface area (Å²) < 4.78 is 0. The number of nitrogens with zero attached hydrogens (tertiary/aromatic N) is 2. The van der Waals surface area contributed by atoms with E-state index in [0.717, 1.165) is 51.0 Å². The van der Waals surface area contributed by atoms with Crippen molar-refractivity contribution < 1.29 is 5.11 Å². The van der Waals surface area contributed by atoms with Gasteiger partial charge >= 0.3 is 0 Å². The summed E-state index contributed by atoms with van der Waals surface area (Å²) in [6.07, 6.45) is 7.14. The van der Waals surface area contributed by atoms with Crippen molar-refractivity contribution >= 4 is 35.9 Å². The lowest BCUT2D eigenvalue weighted by Crippen LogP contribution is -2.43. The average molecular weight is 447 g/mol. The first-order chi connectivity index (χ1) is 15.2. The number of hydrogen-bond donors (Lipinski definition) is 1. The lowest BCUT2D eigenvalue weighted by atomic mass is 9.84. The summed E-state index contributed by atoms with van der Waals surface area (Å²) >= 11 is 0. The fourth-order valence-corrected chi connectivity index (χ4v) is 4.93. The van der Waals surface area contributed by atoms with Crippen molar-refractivity contribution in [1.82, 2.24) is 4.90 Å². The van der Waals surface area contributed by atoms with Crippen LogP contribution in [0.15, 0.2) is 78.9 Å². The van der Waals surface area contributed by atoms with Gasteiger partial charge in [0.1, 0.15) is 0 Å². The van der Waals surface area contributed by atoms with Crippen molar-refractivity contribution in [3.63, 3.8) is 0 Å². The molecule has 2 aliphatic rings. The highest BCUT2D eigenvalue weighted by atomic mass is 35.5. The lowest BCUT2D eigenvalue weighted by molar-refractivity contribution is -0.0258. The first kappa shape index (κ1) is 22.6. The van der Waals surface area contributed by atoms with Crippen LogP contribution in [0.25, 0.3) is 12.2 Å². The predicted octanol–water partition coefficient (Wildman–Crippen LogP) is 6.10. The normalized spacial score (nSPS) is 17.1.